The third kappa shape index (κ3) is 1.31. The second kappa shape index (κ2) is 3.28. The van der Waals surface area contributed by atoms with Crippen LogP contribution >= 0.6 is 0 Å². The van der Waals surface area contributed by atoms with Crippen molar-refractivity contribution in [3.05, 3.63) is 30.5 Å². The zero-order chi connectivity index (χ0) is 10.3. The normalized spacial score (nSPS) is 17.0. The standard InChI is InChI=1S/C12H14N2O/c1-13-9-7-14(8-9)11-3-2-4-12-10(11)5-6-15-12/h2-6,9,13H,7-8H2,1H3. The zero-order valence-electron chi connectivity index (χ0n) is 8.73. The molecule has 0 atom stereocenters. The molecule has 3 heteroatoms. The molecule has 15 heavy (non-hydrogen) atoms. The Morgan fingerprint density at radius 3 is 3.00 bits per heavy atom. The summed E-state index contributed by atoms with van der Waals surface area (Å²) >= 11 is 0. The van der Waals surface area contributed by atoms with Crippen LogP contribution in [0, 0.1) is 0 Å². The van der Waals surface area contributed by atoms with Crippen molar-refractivity contribution < 1.29 is 4.42 Å². The highest BCUT2D eigenvalue weighted by molar-refractivity contribution is 5.91. The summed E-state index contributed by atoms with van der Waals surface area (Å²) in [5.74, 6) is 0. The van der Waals surface area contributed by atoms with Gasteiger partial charge in [-0.15, -0.1) is 0 Å². The first kappa shape index (κ1) is 8.80. The minimum absolute atomic E-state index is 0.632. The summed E-state index contributed by atoms with van der Waals surface area (Å²) in [6, 6.07) is 8.88. The molecule has 1 aliphatic rings. The van der Waals surface area contributed by atoms with Crippen molar-refractivity contribution in [2.45, 2.75) is 6.04 Å². The molecule has 3 nitrogen and oxygen atoms in total. The second-order valence-electron chi connectivity index (χ2n) is 4.00. The van der Waals surface area contributed by atoms with Crippen molar-refractivity contribution in [3.8, 4) is 0 Å². The van der Waals surface area contributed by atoms with E-state index in [1.54, 1.807) is 6.26 Å². The van der Waals surface area contributed by atoms with Gasteiger partial charge in [0.25, 0.3) is 0 Å². The van der Waals surface area contributed by atoms with Gasteiger partial charge in [0.2, 0.25) is 0 Å². The van der Waals surface area contributed by atoms with Gasteiger partial charge >= 0.3 is 0 Å². The third-order valence-electron chi connectivity index (χ3n) is 3.10. The molecule has 78 valence electrons. The van der Waals surface area contributed by atoms with Gasteiger partial charge in [-0.2, -0.15) is 0 Å². The predicted octanol–water partition coefficient (Wildman–Crippen LogP) is 1.84. The zero-order valence-corrected chi connectivity index (χ0v) is 8.73. The molecule has 1 aromatic heterocycles. The lowest BCUT2D eigenvalue weighted by Crippen LogP contribution is -2.57. The number of nitrogens with zero attached hydrogens (tertiary/aromatic N) is 1. The lowest BCUT2D eigenvalue weighted by molar-refractivity contribution is 0.451. The van der Waals surface area contributed by atoms with Gasteiger partial charge in [-0.25, -0.2) is 0 Å². The SMILES string of the molecule is CNC1CN(c2cccc3occc23)C1. The number of anilines is 1. The Morgan fingerprint density at radius 1 is 1.33 bits per heavy atom. The number of hydrogen-bond acceptors (Lipinski definition) is 3. The lowest BCUT2D eigenvalue weighted by atomic mass is 10.1. The molecule has 0 aliphatic carbocycles. The molecule has 0 spiro atoms. The summed E-state index contributed by atoms with van der Waals surface area (Å²) in [6.45, 7) is 2.17. The van der Waals surface area contributed by atoms with Crippen LogP contribution in [0.1, 0.15) is 0 Å². The van der Waals surface area contributed by atoms with Gasteiger partial charge in [0.15, 0.2) is 0 Å². The quantitative estimate of drug-likeness (QED) is 0.805. The van der Waals surface area contributed by atoms with Gasteiger partial charge in [-0.05, 0) is 25.2 Å². The van der Waals surface area contributed by atoms with E-state index < -0.39 is 0 Å². The van der Waals surface area contributed by atoms with E-state index in [0.717, 1.165) is 18.7 Å². The molecule has 1 fully saturated rings. The first-order valence-corrected chi connectivity index (χ1v) is 5.27. The molecule has 0 radical (unpaired) electrons. The number of furan rings is 1. The number of benzene rings is 1. The first-order chi connectivity index (χ1) is 7.38. The summed E-state index contributed by atoms with van der Waals surface area (Å²) < 4.78 is 5.39. The van der Waals surface area contributed by atoms with E-state index in [1.165, 1.54) is 11.1 Å². The van der Waals surface area contributed by atoms with E-state index in [4.69, 9.17) is 4.42 Å². The molecule has 0 bridgehead atoms. The minimum Gasteiger partial charge on any atom is -0.464 e. The number of fused-ring (bicyclic) bond motifs is 1. The summed E-state index contributed by atoms with van der Waals surface area (Å²) in [6.07, 6.45) is 1.75. The summed E-state index contributed by atoms with van der Waals surface area (Å²) in [7, 11) is 2.01. The van der Waals surface area contributed by atoms with Gasteiger partial charge < -0.3 is 14.6 Å². The molecule has 1 aromatic carbocycles. The fourth-order valence-corrected chi connectivity index (χ4v) is 2.11. The van der Waals surface area contributed by atoms with Gasteiger partial charge in [0, 0.05) is 30.2 Å². The molecular formula is C12H14N2O. The van der Waals surface area contributed by atoms with Crippen molar-refractivity contribution >= 4 is 16.7 Å². The molecule has 1 N–H and O–H groups in total. The maximum absolute atomic E-state index is 5.39. The summed E-state index contributed by atoms with van der Waals surface area (Å²) in [5.41, 5.74) is 2.26. The first-order valence-electron chi connectivity index (χ1n) is 5.27. The monoisotopic (exact) mass is 202 g/mol. The summed E-state index contributed by atoms with van der Waals surface area (Å²) in [5, 5.41) is 4.49. The molecule has 0 saturated carbocycles. The van der Waals surface area contributed by atoms with Crippen LogP contribution in [0.5, 0.6) is 0 Å². The van der Waals surface area contributed by atoms with E-state index in [2.05, 4.69) is 16.3 Å². The molecule has 1 saturated heterocycles. The average molecular weight is 202 g/mol. The molecule has 2 aromatic rings. The Kier molecular flexibility index (Phi) is 1.92. The Labute approximate surface area is 88.7 Å². The predicted molar refractivity (Wildman–Crippen MR) is 61.3 cm³/mol. The molecule has 1 aliphatic heterocycles. The molecule has 3 rings (SSSR count). The van der Waals surface area contributed by atoms with Gasteiger partial charge in [-0.1, -0.05) is 6.07 Å². The Hall–Kier alpha value is -1.48. The molecule has 0 amide bonds. The van der Waals surface area contributed by atoms with Crippen LogP contribution in [-0.2, 0) is 0 Å². The molecule has 0 unspecified atom stereocenters. The highest BCUT2D eigenvalue weighted by Gasteiger charge is 2.26. The van der Waals surface area contributed by atoms with Crippen LogP contribution in [0.4, 0.5) is 5.69 Å². The van der Waals surface area contributed by atoms with Crippen molar-refractivity contribution in [3.63, 3.8) is 0 Å². The van der Waals surface area contributed by atoms with E-state index >= 15 is 0 Å². The largest absolute Gasteiger partial charge is 0.464 e. The minimum atomic E-state index is 0.632. The van der Waals surface area contributed by atoms with Gasteiger partial charge in [0.1, 0.15) is 5.58 Å². The van der Waals surface area contributed by atoms with E-state index in [0.29, 0.717) is 6.04 Å². The Balaban J connectivity index is 1.95. The Morgan fingerprint density at radius 2 is 2.20 bits per heavy atom. The fraction of sp³-hybridized carbons (Fsp3) is 0.333. The van der Waals surface area contributed by atoms with Crippen molar-refractivity contribution in [2.24, 2.45) is 0 Å². The fourth-order valence-electron chi connectivity index (χ4n) is 2.11. The van der Waals surface area contributed by atoms with Crippen LogP contribution in [-0.4, -0.2) is 26.2 Å². The average Bonchev–Trinajstić information content (AvgIpc) is 2.64. The maximum Gasteiger partial charge on any atom is 0.135 e. The molecular weight excluding hydrogens is 188 g/mol. The van der Waals surface area contributed by atoms with Crippen molar-refractivity contribution in [1.29, 1.82) is 0 Å². The van der Waals surface area contributed by atoms with Crippen LogP contribution in [0.15, 0.2) is 34.9 Å². The summed E-state index contributed by atoms with van der Waals surface area (Å²) in [4.78, 5) is 2.37. The van der Waals surface area contributed by atoms with E-state index in [-0.39, 0.29) is 0 Å². The van der Waals surface area contributed by atoms with Crippen LogP contribution in [0.2, 0.25) is 0 Å². The second-order valence-corrected chi connectivity index (χ2v) is 4.00. The number of hydrogen-bond donors (Lipinski definition) is 1. The maximum atomic E-state index is 5.39. The van der Waals surface area contributed by atoms with Crippen molar-refractivity contribution in [2.75, 3.05) is 25.0 Å². The highest BCUT2D eigenvalue weighted by Crippen LogP contribution is 2.30. The van der Waals surface area contributed by atoms with Gasteiger partial charge in [0.05, 0.1) is 6.26 Å². The third-order valence-corrected chi connectivity index (χ3v) is 3.10. The van der Waals surface area contributed by atoms with Crippen molar-refractivity contribution in [1.82, 2.24) is 5.32 Å². The topological polar surface area (TPSA) is 28.4 Å². The number of likely N-dealkylation sites (N-methyl/N-ethyl adjacent to an activating group) is 1. The number of nitrogens with one attached hydrogen (secondary N) is 1. The number of rotatable bonds is 2. The van der Waals surface area contributed by atoms with Gasteiger partial charge in [-0.3, -0.25) is 0 Å². The smallest absolute Gasteiger partial charge is 0.135 e. The Bertz CT molecular complexity index is 471. The molecule has 2 heterocycles. The highest BCUT2D eigenvalue weighted by atomic mass is 16.3. The van der Waals surface area contributed by atoms with E-state index in [1.807, 2.05) is 25.2 Å². The van der Waals surface area contributed by atoms with Crippen LogP contribution < -0.4 is 10.2 Å². The van der Waals surface area contributed by atoms with E-state index in [9.17, 15) is 0 Å². The lowest BCUT2D eigenvalue weighted by Gasteiger charge is -2.41. The van der Waals surface area contributed by atoms with Crippen LogP contribution in [0.25, 0.3) is 11.0 Å². The van der Waals surface area contributed by atoms with Crippen LogP contribution in [0.3, 0.4) is 0 Å².